The number of benzene rings is 1. The Morgan fingerprint density at radius 1 is 1.25 bits per heavy atom. The number of H-pyrrole nitrogens is 1. The summed E-state index contributed by atoms with van der Waals surface area (Å²) in [4.78, 5) is 3.39. The molecule has 0 radical (unpaired) electrons. The molecule has 24 heavy (non-hydrogen) atoms. The Morgan fingerprint density at radius 3 is 2.75 bits per heavy atom. The van der Waals surface area contributed by atoms with Crippen LogP contribution in [-0.2, 0) is 13.0 Å². The fourth-order valence-corrected chi connectivity index (χ4v) is 3.68. The summed E-state index contributed by atoms with van der Waals surface area (Å²) in [6.07, 6.45) is 3.16. The van der Waals surface area contributed by atoms with Crippen molar-refractivity contribution in [2.75, 3.05) is 6.54 Å². The minimum absolute atomic E-state index is 0.317. The van der Waals surface area contributed by atoms with Crippen LogP contribution < -0.4 is 5.32 Å². The third-order valence-electron chi connectivity index (χ3n) is 4.94. The molecular weight excluding hydrogens is 296 g/mol. The maximum Gasteiger partial charge on any atom is 0.0644 e. The van der Waals surface area contributed by atoms with Gasteiger partial charge in [0, 0.05) is 40.9 Å². The van der Waals surface area contributed by atoms with Crippen molar-refractivity contribution in [3.63, 3.8) is 0 Å². The lowest BCUT2D eigenvalue weighted by Crippen LogP contribution is -2.22. The second kappa shape index (κ2) is 6.81. The lowest BCUT2D eigenvalue weighted by molar-refractivity contribution is 0.569. The van der Waals surface area contributed by atoms with Gasteiger partial charge in [0.2, 0.25) is 0 Å². The van der Waals surface area contributed by atoms with Gasteiger partial charge in [-0.2, -0.15) is 5.10 Å². The van der Waals surface area contributed by atoms with Crippen LogP contribution in [0, 0.1) is 20.8 Å². The molecule has 3 aromatic rings. The van der Waals surface area contributed by atoms with Crippen LogP contribution in [0.3, 0.4) is 0 Å². The maximum atomic E-state index is 4.63. The molecule has 4 heteroatoms. The first-order valence-corrected chi connectivity index (χ1v) is 8.85. The SMILES string of the molecule is CCn1nc(C)c([C@@H](C)NCCc2c[nH]c3cc(C)ccc23)c1C. The monoisotopic (exact) mass is 324 g/mol. The average molecular weight is 324 g/mol. The van der Waals surface area contributed by atoms with Crippen molar-refractivity contribution in [2.45, 2.75) is 53.6 Å². The van der Waals surface area contributed by atoms with Crippen molar-refractivity contribution >= 4 is 10.9 Å². The number of nitrogens with zero attached hydrogens (tertiary/aromatic N) is 2. The van der Waals surface area contributed by atoms with E-state index in [0.29, 0.717) is 6.04 Å². The normalized spacial score (nSPS) is 12.9. The van der Waals surface area contributed by atoms with Gasteiger partial charge in [0.05, 0.1) is 5.69 Å². The maximum absolute atomic E-state index is 4.63. The van der Waals surface area contributed by atoms with Crippen molar-refractivity contribution in [1.29, 1.82) is 0 Å². The molecule has 0 fully saturated rings. The minimum Gasteiger partial charge on any atom is -0.361 e. The van der Waals surface area contributed by atoms with Gasteiger partial charge < -0.3 is 10.3 Å². The van der Waals surface area contributed by atoms with E-state index in [-0.39, 0.29) is 0 Å². The number of rotatable bonds is 6. The summed E-state index contributed by atoms with van der Waals surface area (Å²) in [6, 6.07) is 6.93. The second-order valence-electron chi connectivity index (χ2n) is 6.69. The Kier molecular flexibility index (Phi) is 4.76. The number of nitrogens with one attached hydrogen (secondary N) is 2. The highest BCUT2D eigenvalue weighted by Gasteiger charge is 2.16. The number of aryl methyl sites for hydroxylation is 3. The Bertz CT molecular complexity index is 841. The molecule has 0 unspecified atom stereocenters. The zero-order valence-corrected chi connectivity index (χ0v) is 15.4. The van der Waals surface area contributed by atoms with Crippen molar-refractivity contribution in [3.05, 3.63) is 52.5 Å². The molecule has 1 aromatic carbocycles. The minimum atomic E-state index is 0.317. The molecule has 0 saturated carbocycles. The molecular formula is C20H28N4. The molecule has 0 spiro atoms. The van der Waals surface area contributed by atoms with E-state index in [1.54, 1.807) is 0 Å². The number of hydrogen-bond acceptors (Lipinski definition) is 2. The summed E-state index contributed by atoms with van der Waals surface area (Å²) in [5.41, 5.74) is 7.65. The van der Waals surface area contributed by atoms with E-state index in [9.17, 15) is 0 Å². The highest BCUT2D eigenvalue weighted by molar-refractivity contribution is 5.83. The molecule has 2 aromatic heterocycles. The fourth-order valence-electron chi connectivity index (χ4n) is 3.68. The van der Waals surface area contributed by atoms with Gasteiger partial charge in [0.25, 0.3) is 0 Å². The standard InChI is InChI=1S/C20H28N4/c1-6-24-16(5)20(15(4)23-24)14(3)21-10-9-17-12-22-19-11-13(2)7-8-18(17)19/h7-8,11-12,14,21-22H,6,9-10H2,1-5H3/t14-/m1/s1. The Morgan fingerprint density at radius 2 is 2.04 bits per heavy atom. The second-order valence-corrected chi connectivity index (χ2v) is 6.69. The third-order valence-corrected chi connectivity index (χ3v) is 4.94. The molecule has 0 aliphatic rings. The molecule has 2 N–H and O–H groups in total. The van der Waals surface area contributed by atoms with Crippen LogP contribution >= 0.6 is 0 Å². The van der Waals surface area contributed by atoms with E-state index in [2.05, 4.69) is 79.1 Å². The summed E-state index contributed by atoms with van der Waals surface area (Å²) in [5.74, 6) is 0. The van der Waals surface area contributed by atoms with Crippen LogP contribution in [0.15, 0.2) is 24.4 Å². The zero-order chi connectivity index (χ0) is 17.3. The first-order chi connectivity index (χ1) is 11.5. The molecule has 3 rings (SSSR count). The molecule has 0 aliphatic carbocycles. The smallest absolute Gasteiger partial charge is 0.0644 e. The van der Waals surface area contributed by atoms with Crippen LogP contribution in [0.25, 0.3) is 10.9 Å². The van der Waals surface area contributed by atoms with Crippen molar-refractivity contribution in [2.24, 2.45) is 0 Å². The van der Waals surface area contributed by atoms with E-state index in [1.807, 2.05) is 0 Å². The fraction of sp³-hybridized carbons (Fsp3) is 0.450. The Balaban J connectivity index is 1.66. The first-order valence-electron chi connectivity index (χ1n) is 8.85. The van der Waals surface area contributed by atoms with Crippen LogP contribution in [0.1, 0.15) is 48.0 Å². The third kappa shape index (κ3) is 3.11. The molecule has 0 saturated heterocycles. The van der Waals surface area contributed by atoms with Gasteiger partial charge in [-0.3, -0.25) is 4.68 Å². The molecule has 0 aliphatic heterocycles. The van der Waals surface area contributed by atoms with Gasteiger partial charge in [-0.15, -0.1) is 0 Å². The molecule has 2 heterocycles. The highest BCUT2D eigenvalue weighted by Crippen LogP contribution is 2.22. The molecule has 0 bridgehead atoms. The van der Waals surface area contributed by atoms with E-state index in [1.165, 1.54) is 33.3 Å². The van der Waals surface area contributed by atoms with E-state index < -0.39 is 0 Å². The van der Waals surface area contributed by atoms with Gasteiger partial charge in [0.15, 0.2) is 0 Å². The van der Waals surface area contributed by atoms with Crippen LogP contribution in [0.2, 0.25) is 0 Å². The first kappa shape index (κ1) is 16.8. The van der Waals surface area contributed by atoms with Crippen molar-refractivity contribution < 1.29 is 0 Å². The quantitative estimate of drug-likeness (QED) is 0.714. The molecule has 128 valence electrons. The lowest BCUT2D eigenvalue weighted by atomic mass is 10.1. The Labute approximate surface area is 144 Å². The topological polar surface area (TPSA) is 45.6 Å². The molecule has 1 atom stereocenters. The summed E-state index contributed by atoms with van der Waals surface area (Å²) in [7, 11) is 0. The summed E-state index contributed by atoms with van der Waals surface area (Å²) < 4.78 is 2.09. The van der Waals surface area contributed by atoms with Crippen molar-refractivity contribution in [1.82, 2.24) is 20.1 Å². The van der Waals surface area contributed by atoms with Crippen LogP contribution in [-0.4, -0.2) is 21.3 Å². The highest BCUT2D eigenvalue weighted by atomic mass is 15.3. The van der Waals surface area contributed by atoms with Gasteiger partial charge in [0.1, 0.15) is 0 Å². The summed E-state index contributed by atoms with van der Waals surface area (Å²) in [5, 5.41) is 9.63. The largest absolute Gasteiger partial charge is 0.361 e. The van der Waals surface area contributed by atoms with Gasteiger partial charge >= 0.3 is 0 Å². The van der Waals surface area contributed by atoms with Gasteiger partial charge in [-0.25, -0.2) is 0 Å². The predicted octanol–water partition coefficient (Wildman–Crippen LogP) is 4.20. The molecule has 0 amide bonds. The van der Waals surface area contributed by atoms with Gasteiger partial charge in [-0.05, 0) is 64.8 Å². The average Bonchev–Trinajstić information content (AvgIpc) is 3.07. The Hall–Kier alpha value is -2.07. The van der Waals surface area contributed by atoms with Gasteiger partial charge in [-0.1, -0.05) is 12.1 Å². The number of aromatic amines is 1. The van der Waals surface area contributed by atoms with Crippen LogP contribution in [0.5, 0.6) is 0 Å². The van der Waals surface area contributed by atoms with E-state index in [4.69, 9.17) is 0 Å². The number of aromatic nitrogens is 3. The summed E-state index contributed by atoms with van der Waals surface area (Å²) in [6.45, 7) is 12.7. The summed E-state index contributed by atoms with van der Waals surface area (Å²) >= 11 is 0. The number of hydrogen-bond donors (Lipinski definition) is 2. The van der Waals surface area contributed by atoms with Crippen LogP contribution in [0.4, 0.5) is 0 Å². The van der Waals surface area contributed by atoms with E-state index in [0.717, 1.165) is 25.2 Å². The number of fused-ring (bicyclic) bond motifs is 1. The lowest BCUT2D eigenvalue weighted by Gasteiger charge is -2.15. The zero-order valence-electron chi connectivity index (χ0n) is 15.4. The van der Waals surface area contributed by atoms with E-state index >= 15 is 0 Å². The molecule has 4 nitrogen and oxygen atoms in total. The van der Waals surface area contributed by atoms with Crippen molar-refractivity contribution in [3.8, 4) is 0 Å². The predicted molar refractivity (Wildman–Crippen MR) is 101 cm³/mol.